The molecule has 0 aromatic rings. The van der Waals surface area contributed by atoms with Gasteiger partial charge in [0.05, 0.1) is 0 Å². The molecule has 0 fully saturated rings. The Morgan fingerprint density at radius 2 is 1.12 bits per heavy atom. The van der Waals surface area contributed by atoms with Crippen molar-refractivity contribution in [1.29, 1.82) is 0 Å². The van der Waals surface area contributed by atoms with Crippen molar-refractivity contribution in [1.82, 2.24) is 0 Å². The molecule has 0 N–H and O–H groups in total. The van der Waals surface area contributed by atoms with Crippen LogP contribution in [0.1, 0.15) is 38.5 Å². The normalized spacial score (nSPS) is 12.0. The SMILES string of the molecule is CO[Si](CCCCCCl)(CCCCCCl)OC. The lowest BCUT2D eigenvalue weighted by atomic mass is 10.3. The van der Waals surface area contributed by atoms with Gasteiger partial charge in [0.25, 0.3) is 0 Å². The summed E-state index contributed by atoms with van der Waals surface area (Å²) in [5.41, 5.74) is 0. The topological polar surface area (TPSA) is 18.5 Å². The van der Waals surface area contributed by atoms with E-state index in [0.29, 0.717) is 0 Å². The molecule has 104 valence electrons. The lowest BCUT2D eigenvalue weighted by molar-refractivity contribution is 0.238. The van der Waals surface area contributed by atoms with E-state index in [4.69, 9.17) is 32.1 Å². The first-order valence-electron chi connectivity index (χ1n) is 6.47. The molecule has 0 atom stereocenters. The number of alkyl halides is 2. The summed E-state index contributed by atoms with van der Waals surface area (Å²) < 4.78 is 11.4. The second kappa shape index (κ2) is 11.8. The molecule has 0 heterocycles. The van der Waals surface area contributed by atoms with Crippen LogP contribution in [0.3, 0.4) is 0 Å². The average Bonchev–Trinajstić information content (AvgIpc) is 2.37. The van der Waals surface area contributed by atoms with Crippen LogP contribution >= 0.6 is 23.2 Å². The van der Waals surface area contributed by atoms with E-state index >= 15 is 0 Å². The maximum Gasteiger partial charge on any atom is 0.337 e. The molecule has 0 saturated carbocycles. The molecule has 0 aliphatic carbocycles. The summed E-state index contributed by atoms with van der Waals surface area (Å²) in [6.45, 7) is 0. The fourth-order valence-corrected chi connectivity index (χ4v) is 5.14. The number of rotatable bonds is 12. The highest BCUT2D eigenvalue weighted by Crippen LogP contribution is 2.24. The van der Waals surface area contributed by atoms with E-state index in [-0.39, 0.29) is 0 Å². The van der Waals surface area contributed by atoms with Crippen LogP contribution in [0.4, 0.5) is 0 Å². The number of hydrogen-bond acceptors (Lipinski definition) is 2. The lowest BCUT2D eigenvalue weighted by Gasteiger charge is -2.27. The summed E-state index contributed by atoms with van der Waals surface area (Å²) in [5, 5.41) is 0. The molecular weight excluding hydrogens is 275 g/mol. The van der Waals surface area contributed by atoms with Gasteiger partial charge in [0.15, 0.2) is 0 Å². The molecule has 0 aliphatic rings. The average molecular weight is 301 g/mol. The molecule has 0 saturated heterocycles. The van der Waals surface area contributed by atoms with Crippen molar-refractivity contribution in [3.8, 4) is 0 Å². The summed E-state index contributed by atoms with van der Waals surface area (Å²) in [6, 6.07) is 2.16. The van der Waals surface area contributed by atoms with Crippen molar-refractivity contribution in [2.24, 2.45) is 0 Å². The first kappa shape index (κ1) is 17.7. The van der Waals surface area contributed by atoms with Crippen LogP contribution in [-0.2, 0) is 8.85 Å². The maximum absolute atomic E-state index is 5.70. The third-order valence-corrected chi connectivity index (χ3v) is 7.38. The molecule has 0 aromatic heterocycles. The van der Waals surface area contributed by atoms with Crippen LogP contribution < -0.4 is 0 Å². The quantitative estimate of drug-likeness (QED) is 0.299. The predicted octanol–water partition coefficient (Wildman–Crippen LogP) is 4.54. The number of unbranched alkanes of at least 4 members (excludes halogenated alkanes) is 4. The molecule has 17 heavy (non-hydrogen) atoms. The first-order chi connectivity index (χ1) is 8.24. The van der Waals surface area contributed by atoms with Crippen LogP contribution in [0, 0.1) is 0 Å². The summed E-state index contributed by atoms with van der Waals surface area (Å²) >= 11 is 11.3. The zero-order chi connectivity index (χ0) is 13.0. The molecule has 0 aromatic carbocycles. The highest BCUT2D eigenvalue weighted by Gasteiger charge is 2.33. The maximum atomic E-state index is 5.70. The smallest absolute Gasteiger partial charge is 0.337 e. The molecule has 0 amide bonds. The van der Waals surface area contributed by atoms with Gasteiger partial charge in [-0.3, -0.25) is 0 Å². The fraction of sp³-hybridized carbons (Fsp3) is 1.00. The Bertz CT molecular complexity index is 153. The molecule has 0 rings (SSSR count). The molecular formula is C12H26Cl2O2Si. The standard InChI is InChI=1S/C12H26Cl2O2Si/c1-15-17(16-2,11-7-3-5-9-13)12-8-4-6-10-14/h3-12H2,1-2H3. The van der Waals surface area contributed by atoms with Gasteiger partial charge in [-0.25, -0.2) is 0 Å². The zero-order valence-corrected chi connectivity index (χ0v) is 13.7. The van der Waals surface area contributed by atoms with Crippen LogP contribution in [0.25, 0.3) is 0 Å². The minimum Gasteiger partial charge on any atom is -0.398 e. The van der Waals surface area contributed by atoms with Gasteiger partial charge >= 0.3 is 8.56 Å². The van der Waals surface area contributed by atoms with Gasteiger partial charge in [0, 0.05) is 26.0 Å². The van der Waals surface area contributed by atoms with Crippen molar-refractivity contribution in [2.75, 3.05) is 26.0 Å². The Morgan fingerprint density at radius 3 is 1.41 bits per heavy atom. The van der Waals surface area contributed by atoms with Gasteiger partial charge in [0.2, 0.25) is 0 Å². The largest absolute Gasteiger partial charge is 0.398 e. The Morgan fingerprint density at radius 1 is 0.706 bits per heavy atom. The van der Waals surface area contributed by atoms with Gasteiger partial charge in [-0.1, -0.05) is 25.7 Å². The van der Waals surface area contributed by atoms with Crippen LogP contribution in [0.15, 0.2) is 0 Å². The van der Waals surface area contributed by atoms with E-state index in [2.05, 4.69) is 0 Å². The molecule has 2 nitrogen and oxygen atoms in total. The van der Waals surface area contributed by atoms with Crippen LogP contribution in [-0.4, -0.2) is 34.5 Å². The number of halogens is 2. The third-order valence-electron chi connectivity index (χ3n) is 3.13. The van der Waals surface area contributed by atoms with Gasteiger partial charge in [-0.15, -0.1) is 23.2 Å². The van der Waals surface area contributed by atoms with Gasteiger partial charge in [-0.05, 0) is 24.9 Å². The summed E-state index contributed by atoms with van der Waals surface area (Å²) in [5.74, 6) is 1.51. The van der Waals surface area contributed by atoms with Gasteiger partial charge in [0.1, 0.15) is 0 Å². The number of hydrogen-bond donors (Lipinski definition) is 0. The predicted molar refractivity (Wildman–Crippen MR) is 78.5 cm³/mol. The second-order valence-corrected chi connectivity index (χ2v) is 8.71. The molecule has 0 bridgehead atoms. The molecule has 0 spiro atoms. The second-order valence-electron chi connectivity index (χ2n) is 4.32. The van der Waals surface area contributed by atoms with E-state index < -0.39 is 8.56 Å². The van der Waals surface area contributed by atoms with E-state index in [0.717, 1.165) is 49.5 Å². The highest BCUT2D eigenvalue weighted by molar-refractivity contribution is 6.67. The van der Waals surface area contributed by atoms with Crippen molar-refractivity contribution >= 4 is 31.8 Å². The first-order valence-corrected chi connectivity index (χ1v) is 9.77. The third kappa shape index (κ3) is 8.44. The minimum atomic E-state index is -1.93. The van der Waals surface area contributed by atoms with Crippen LogP contribution in [0.5, 0.6) is 0 Å². The van der Waals surface area contributed by atoms with E-state index in [1.807, 2.05) is 0 Å². The summed E-state index contributed by atoms with van der Waals surface area (Å²) in [6.07, 6.45) is 6.85. The fourth-order valence-electron chi connectivity index (χ4n) is 1.95. The molecule has 0 aliphatic heterocycles. The Hall–Kier alpha value is 0.717. The lowest BCUT2D eigenvalue weighted by Crippen LogP contribution is -2.39. The zero-order valence-electron chi connectivity index (χ0n) is 11.1. The Balaban J connectivity index is 3.88. The van der Waals surface area contributed by atoms with Gasteiger partial charge in [-0.2, -0.15) is 0 Å². The monoisotopic (exact) mass is 300 g/mol. The summed E-state index contributed by atoms with van der Waals surface area (Å²) in [4.78, 5) is 0. The molecule has 5 heteroatoms. The minimum absolute atomic E-state index is 0.754. The van der Waals surface area contributed by atoms with E-state index in [9.17, 15) is 0 Å². The van der Waals surface area contributed by atoms with Crippen molar-refractivity contribution in [2.45, 2.75) is 50.6 Å². The van der Waals surface area contributed by atoms with E-state index in [1.165, 1.54) is 12.8 Å². The van der Waals surface area contributed by atoms with Crippen molar-refractivity contribution in [3.63, 3.8) is 0 Å². The molecule has 0 radical (unpaired) electrons. The van der Waals surface area contributed by atoms with E-state index in [1.54, 1.807) is 14.2 Å². The summed E-state index contributed by atoms with van der Waals surface area (Å²) in [7, 11) is 1.65. The van der Waals surface area contributed by atoms with Crippen LogP contribution in [0.2, 0.25) is 12.1 Å². The molecule has 0 unspecified atom stereocenters. The Labute approximate surface area is 117 Å². The van der Waals surface area contributed by atoms with Crippen molar-refractivity contribution in [3.05, 3.63) is 0 Å². The van der Waals surface area contributed by atoms with Crippen molar-refractivity contribution < 1.29 is 8.85 Å². The van der Waals surface area contributed by atoms with Gasteiger partial charge < -0.3 is 8.85 Å². The highest BCUT2D eigenvalue weighted by atomic mass is 35.5. The Kier molecular flexibility index (Phi) is 12.3.